The van der Waals surface area contributed by atoms with Gasteiger partial charge in [0.05, 0.1) is 0 Å². The Balaban J connectivity index is 4.04. The van der Waals surface area contributed by atoms with Gasteiger partial charge in [0.1, 0.15) is 13.2 Å². The third-order valence-electron chi connectivity index (χ3n) is 14.5. The highest BCUT2D eigenvalue weighted by Gasteiger charge is 2.19. The average molecular weight is 1000 g/mol. The number of carbonyl (C=O) groups excluding carboxylic acids is 3. The zero-order valence-electron chi connectivity index (χ0n) is 48.0. The van der Waals surface area contributed by atoms with Gasteiger partial charge < -0.3 is 14.2 Å². The zero-order chi connectivity index (χ0) is 51.4. The highest BCUT2D eigenvalue weighted by molar-refractivity contribution is 5.71. The number of carbonyl (C=O) groups is 3. The van der Waals surface area contributed by atoms with Crippen molar-refractivity contribution in [1.29, 1.82) is 0 Å². The Kier molecular flexibility index (Phi) is 58.6. The van der Waals surface area contributed by atoms with Crippen molar-refractivity contribution in [2.45, 2.75) is 361 Å². The maximum Gasteiger partial charge on any atom is 0.306 e. The summed E-state index contributed by atoms with van der Waals surface area (Å²) in [6.07, 6.45) is 72.2. The van der Waals surface area contributed by atoms with Gasteiger partial charge in [-0.25, -0.2) is 0 Å². The lowest BCUT2D eigenvalue weighted by molar-refractivity contribution is -0.167. The van der Waals surface area contributed by atoms with E-state index in [9.17, 15) is 14.4 Å². The summed E-state index contributed by atoms with van der Waals surface area (Å²) in [6.45, 7) is 6.63. The molecule has 0 bridgehead atoms. The molecule has 0 aliphatic heterocycles. The van der Waals surface area contributed by atoms with Gasteiger partial charge in [-0.3, -0.25) is 14.4 Å². The second kappa shape index (κ2) is 60.4. The first-order valence-electron chi connectivity index (χ1n) is 31.8. The molecule has 0 aliphatic carbocycles. The average Bonchev–Trinajstić information content (AvgIpc) is 3.37. The summed E-state index contributed by atoms with van der Waals surface area (Å²) in [6, 6.07) is 0. The van der Waals surface area contributed by atoms with Gasteiger partial charge in [-0.05, 0) is 51.4 Å². The molecule has 0 aromatic rings. The molecule has 6 heteroatoms. The maximum absolute atomic E-state index is 12.8. The Labute approximate surface area is 443 Å². The van der Waals surface area contributed by atoms with Crippen molar-refractivity contribution in [1.82, 2.24) is 0 Å². The second-order valence-electron chi connectivity index (χ2n) is 21.7. The molecule has 0 amide bonds. The molecule has 418 valence electrons. The molecule has 0 rings (SSSR count). The SMILES string of the molecule is CCCCCCC/C=C\C/C=C\CCCCCCCCCCCCCCCC(=O)OCC(COC(=O)CCCCCCCC)OC(=O)CCCCCCCCCCCCCCCCCCCCCCCC. The molecular formula is C65H122O6. The number of allylic oxidation sites excluding steroid dienone is 4. The minimum Gasteiger partial charge on any atom is -0.462 e. The van der Waals surface area contributed by atoms with Crippen LogP contribution >= 0.6 is 0 Å². The molecule has 0 fully saturated rings. The van der Waals surface area contributed by atoms with Crippen LogP contribution in [0.4, 0.5) is 0 Å². The zero-order valence-corrected chi connectivity index (χ0v) is 48.0. The van der Waals surface area contributed by atoms with Crippen LogP contribution in [0.1, 0.15) is 355 Å². The Bertz CT molecular complexity index is 1150. The van der Waals surface area contributed by atoms with Crippen LogP contribution in [-0.2, 0) is 28.6 Å². The molecule has 0 aromatic carbocycles. The van der Waals surface area contributed by atoms with Crippen LogP contribution in [0.2, 0.25) is 0 Å². The Morgan fingerprint density at radius 3 is 0.775 bits per heavy atom. The second-order valence-corrected chi connectivity index (χ2v) is 21.7. The van der Waals surface area contributed by atoms with Crippen LogP contribution in [-0.4, -0.2) is 37.2 Å². The molecule has 0 saturated carbocycles. The van der Waals surface area contributed by atoms with E-state index in [1.807, 2.05) is 0 Å². The predicted octanol–water partition coefficient (Wildman–Crippen LogP) is 21.4. The summed E-state index contributed by atoms with van der Waals surface area (Å²) < 4.78 is 16.8. The Hall–Kier alpha value is -2.11. The van der Waals surface area contributed by atoms with Crippen molar-refractivity contribution in [2.24, 2.45) is 0 Å². The van der Waals surface area contributed by atoms with Gasteiger partial charge in [-0.15, -0.1) is 0 Å². The van der Waals surface area contributed by atoms with E-state index >= 15 is 0 Å². The summed E-state index contributed by atoms with van der Waals surface area (Å²) in [4.78, 5) is 38.0. The largest absolute Gasteiger partial charge is 0.462 e. The summed E-state index contributed by atoms with van der Waals surface area (Å²) in [7, 11) is 0. The molecule has 0 heterocycles. The van der Waals surface area contributed by atoms with Crippen LogP contribution in [0.3, 0.4) is 0 Å². The van der Waals surface area contributed by atoms with Crippen molar-refractivity contribution >= 4 is 17.9 Å². The van der Waals surface area contributed by atoms with E-state index in [1.165, 1.54) is 250 Å². The van der Waals surface area contributed by atoms with Crippen LogP contribution in [0.5, 0.6) is 0 Å². The fraction of sp³-hybridized carbons (Fsp3) is 0.892. The first kappa shape index (κ1) is 68.9. The van der Waals surface area contributed by atoms with Gasteiger partial charge in [0.2, 0.25) is 0 Å². The van der Waals surface area contributed by atoms with Gasteiger partial charge >= 0.3 is 17.9 Å². The number of esters is 3. The van der Waals surface area contributed by atoms with Crippen LogP contribution in [0.25, 0.3) is 0 Å². The first-order chi connectivity index (χ1) is 35.0. The van der Waals surface area contributed by atoms with E-state index in [0.717, 1.165) is 64.2 Å². The molecule has 1 unspecified atom stereocenters. The fourth-order valence-electron chi connectivity index (χ4n) is 9.65. The van der Waals surface area contributed by atoms with E-state index in [4.69, 9.17) is 14.2 Å². The van der Waals surface area contributed by atoms with Crippen molar-refractivity contribution in [3.8, 4) is 0 Å². The first-order valence-corrected chi connectivity index (χ1v) is 31.8. The standard InChI is InChI=1S/C65H122O6/c1-4-7-10-13-16-18-20-22-24-26-28-30-32-33-34-36-37-39-41-43-45-47-49-52-55-58-64(67)70-61-62(60-69-63(66)57-54-51-15-12-9-6-3)71-65(68)59-56-53-50-48-46-44-42-40-38-35-31-29-27-25-23-21-19-17-14-11-8-5-2/h20,22,26,28,62H,4-19,21,23-25,27,29-61H2,1-3H3/b22-20-,28-26-. The van der Waals surface area contributed by atoms with Gasteiger partial charge in [-0.2, -0.15) is 0 Å². The fourth-order valence-corrected chi connectivity index (χ4v) is 9.65. The summed E-state index contributed by atoms with van der Waals surface area (Å²) >= 11 is 0. The summed E-state index contributed by atoms with van der Waals surface area (Å²) in [5, 5.41) is 0. The van der Waals surface area contributed by atoms with Gasteiger partial charge in [0.25, 0.3) is 0 Å². The Morgan fingerprint density at radius 1 is 0.282 bits per heavy atom. The summed E-state index contributed by atoms with van der Waals surface area (Å²) in [5.41, 5.74) is 0. The number of ether oxygens (including phenoxy) is 3. The number of hydrogen-bond donors (Lipinski definition) is 0. The van der Waals surface area contributed by atoms with Crippen LogP contribution in [0.15, 0.2) is 24.3 Å². The molecule has 71 heavy (non-hydrogen) atoms. The molecule has 0 saturated heterocycles. The third kappa shape index (κ3) is 58.7. The molecule has 1 atom stereocenters. The molecular weight excluding hydrogens is 877 g/mol. The smallest absolute Gasteiger partial charge is 0.306 e. The highest BCUT2D eigenvalue weighted by Crippen LogP contribution is 2.18. The minimum absolute atomic E-state index is 0.0665. The molecule has 0 aromatic heterocycles. The lowest BCUT2D eigenvalue weighted by Gasteiger charge is -2.18. The molecule has 6 nitrogen and oxygen atoms in total. The lowest BCUT2D eigenvalue weighted by Crippen LogP contribution is -2.30. The van der Waals surface area contributed by atoms with Gasteiger partial charge in [0.15, 0.2) is 6.10 Å². The number of unbranched alkanes of at least 4 members (excludes halogenated alkanes) is 44. The maximum atomic E-state index is 12.8. The highest BCUT2D eigenvalue weighted by atomic mass is 16.6. The Morgan fingerprint density at radius 2 is 0.507 bits per heavy atom. The monoisotopic (exact) mass is 999 g/mol. The number of rotatable bonds is 59. The van der Waals surface area contributed by atoms with E-state index < -0.39 is 6.10 Å². The number of hydrogen-bond acceptors (Lipinski definition) is 6. The summed E-state index contributed by atoms with van der Waals surface area (Å²) in [5.74, 6) is -0.853. The quantitative estimate of drug-likeness (QED) is 0.0261. The molecule has 0 N–H and O–H groups in total. The van der Waals surface area contributed by atoms with E-state index in [2.05, 4.69) is 45.1 Å². The lowest BCUT2D eigenvalue weighted by atomic mass is 10.0. The van der Waals surface area contributed by atoms with Crippen LogP contribution < -0.4 is 0 Å². The van der Waals surface area contributed by atoms with Crippen LogP contribution in [0, 0.1) is 0 Å². The van der Waals surface area contributed by atoms with Gasteiger partial charge in [0, 0.05) is 19.3 Å². The topological polar surface area (TPSA) is 78.9 Å². The van der Waals surface area contributed by atoms with E-state index in [0.29, 0.717) is 19.3 Å². The van der Waals surface area contributed by atoms with Crippen molar-refractivity contribution in [2.75, 3.05) is 13.2 Å². The van der Waals surface area contributed by atoms with Gasteiger partial charge in [-0.1, -0.05) is 308 Å². The normalized spacial score (nSPS) is 12.1. The van der Waals surface area contributed by atoms with E-state index in [1.54, 1.807) is 0 Å². The van der Waals surface area contributed by atoms with Crippen molar-refractivity contribution < 1.29 is 28.6 Å². The van der Waals surface area contributed by atoms with Crippen molar-refractivity contribution in [3.63, 3.8) is 0 Å². The molecule has 0 spiro atoms. The predicted molar refractivity (Wildman–Crippen MR) is 307 cm³/mol. The molecule has 0 aliphatic rings. The van der Waals surface area contributed by atoms with E-state index in [-0.39, 0.29) is 31.1 Å². The molecule has 0 radical (unpaired) electrons. The minimum atomic E-state index is -0.765. The third-order valence-corrected chi connectivity index (χ3v) is 14.5. The van der Waals surface area contributed by atoms with Crippen molar-refractivity contribution in [3.05, 3.63) is 24.3 Å².